The second-order valence-electron chi connectivity index (χ2n) is 5.22. The first-order valence-corrected chi connectivity index (χ1v) is 7.17. The second kappa shape index (κ2) is 9.12. The molecule has 0 amide bonds. The molecule has 0 aromatic heterocycles. The maximum absolute atomic E-state index is 3.68. The number of hydrogen-bond acceptors (Lipinski definition) is 2. The molecule has 0 radical (unpaired) electrons. The molecule has 2 nitrogen and oxygen atoms in total. The van der Waals surface area contributed by atoms with Crippen LogP contribution in [0, 0.1) is 0 Å². The van der Waals surface area contributed by atoms with Gasteiger partial charge in [-0.1, -0.05) is 56.5 Å². The van der Waals surface area contributed by atoms with Crippen molar-refractivity contribution in [3.05, 3.63) is 35.9 Å². The third-order valence-corrected chi connectivity index (χ3v) is 3.25. The van der Waals surface area contributed by atoms with Crippen LogP contribution >= 0.6 is 0 Å². The summed E-state index contributed by atoms with van der Waals surface area (Å²) in [4.78, 5) is 2.22. The van der Waals surface area contributed by atoms with E-state index in [2.05, 4.69) is 61.6 Å². The summed E-state index contributed by atoms with van der Waals surface area (Å²) in [5, 5.41) is 3.68. The molecule has 1 atom stereocenters. The van der Waals surface area contributed by atoms with Gasteiger partial charge in [0.1, 0.15) is 0 Å². The molecule has 0 heterocycles. The number of likely N-dealkylation sites (N-methyl/N-ethyl adjacent to an activating group) is 1. The van der Waals surface area contributed by atoms with Gasteiger partial charge >= 0.3 is 0 Å². The Kier molecular flexibility index (Phi) is 7.70. The number of benzene rings is 1. The second-order valence-corrected chi connectivity index (χ2v) is 5.22. The molecule has 102 valence electrons. The zero-order valence-corrected chi connectivity index (χ0v) is 12.2. The molecule has 0 aliphatic rings. The van der Waals surface area contributed by atoms with Crippen LogP contribution in [0.5, 0.6) is 0 Å². The predicted molar refractivity (Wildman–Crippen MR) is 79.9 cm³/mol. The molecule has 0 fully saturated rings. The van der Waals surface area contributed by atoms with Crippen LogP contribution in [0.4, 0.5) is 0 Å². The van der Waals surface area contributed by atoms with Crippen molar-refractivity contribution in [2.75, 3.05) is 27.2 Å². The van der Waals surface area contributed by atoms with E-state index in [1.807, 2.05) is 0 Å². The summed E-state index contributed by atoms with van der Waals surface area (Å²) in [5.41, 5.74) is 1.42. The number of nitrogens with zero attached hydrogens (tertiary/aromatic N) is 1. The van der Waals surface area contributed by atoms with E-state index in [1.54, 1.807) is 0 Å². The van der Waals surface area contributed by atoms with Gasteiger partial charge in [-0.3, -0.25) is 0 Å². The zero-order valence-electron chi connectivity index (χ0n) is 12.2. The van der Waals surface area contributed by atoms with Crippen molar-refractivity contribution in [3.63, 3.8) is 0 Å². The van der Waals surface area contributed by atoms with Crippen LogP contribution in [-0.4, -0.2) is 32.1 Å². The van der Waals surface area contributed by atoms with Crippen molar-refractivity contribution in [2.24, 2.45) is 0 Å². The van der Waals surface area contributed by atoms with Crippen LogP contribution in [0.3, 0.4) is 0 Å². The maximum atomic E-state index is 3.68. The van der Waals surface area contributed by atoms with Gasteiger partial charge in [0.25, 0.3) is 0 Å². The van der Waals surface area contributed by atoms with Crippen LogP contribution in [0.25, 0.3) is 0 Å². The molecule has 0 aliphatic heterocycles. The number of nitrogens with one attached hydrogen (secondary N) is 1. The van der Waals surface area contributed by atoms with Gasteiger partial charge in [-0.15, -0.1) is 0 Å². The van der Waals surface area contributed by atoms with Gasteiger partial charge in [0.05, 0.1) is 0 Å². The summed E-state index contributed by atoms with van der Waals surface area (Å²) in [6, 6.07) is 11.3. The molecule has 1 N–H and O–H groups in total. The lowest BCUT2D eigenvalue weighted by molar-refractivity contribution is 0.376. The Balaban J connectivity index is 2.47. The van der Waals surface area contributed by atoms with E-state index in [0.717, 1.165) is 13.1 Å². The van der Waals surface area contributed by atoms with Gasteiger partial charge in [0.2, 0.25) is 0 Å². The standard InChI is InChI=1S/C16H28N2/c1-4-5-7-12-16(17-13-14-18(2)3)15-10-8-6-9-11-15/h6,8-11,16-17H,4-5,7,12-14H2,1-3H3. The molecule has 1 aromatic carbocycles. The van der Waals surface area contributed by atoms with Crippen LogP contribution < -0.4 is 5.32 Å². The summed E-state index contributed by atoms with van der Waals surface area (Å²) in [7, 11) is 4.24. The molecule has 0 bridgehead atoms. The van der Waals surface area contributed by atoms with Crippen molar-refractivity contribution in [1.82, 2.24) is 10.2 Å². The van der Waals surface area contributed by atoms with Crippen LogP contribution in [0.15, 0.2) is 30.3 Å². The Hall–Kier alpha value is -0.860. The van der Waals surface area contributed by atoms with Crippen LogP contribution in [0.2, 0.25) is 0 Å². The van der Waals surface area contributed by atoms with Crippen LogP contribution in [-0.2, 0) is 0 Å². The maximum Gasteiger partial charge on any atom is 0.0320 e. The summed E-state index contributed by atoms with van der Waals surface area (Å²) < 4.78 is 0. The highest BCUT2D eigenvalue weighted by atomic mass is 15.1. The molecule has 2 heteroatoms. The van der Waals surface area contributed by atoms with Crippen molar-refractivity contribution >= 4 is 0 Å². The fraction of sp³-hybridized carbons (Fsp3) is 0.625. The number of unbranched alkanes of at least 4 members (excludes halogenated alkanes) is 2. The van der Waals surface area contributed by atoms with Crippen molar-refractivity contribution in [3.8, 4) is 0 Å². The molecule has 18 heavy (non-hydrogen) atoms. The molecule has 0 saturated carbocycles. The highest BCUT2D eigenvalue weighted by molar-refractivity contribution is 5.18. The minimum atomic E-state index is 0.512. The van der Waals surface area contributed by atoms with E-state index in [9.17, 15) is 0 Å². The van der Waals surface area contributed by atoms with Gasteiger partial charge in [0, 0.05) is 19.1 Å². The lowest BCUT2D eigenvalue weighted by atomic mass is 10.0. The molecule has 0 spiro atoms. The van der Waals surface area contributed by atoms with Crippen molar-refractivity contribution in [1.29, 1.82) is 0 Å². The van der Waals surface area contributed by atoms with E-state index in [-0.39, 0.29) is 0 Å². The Labute approximate surface area is 112 Å². The molecule has 0 saturated heterocycles. The van der Waals surface area contributed by atoms with Crippen LogP contribution in [0.1, 0.15) is 44.2 Å². The molecule has 1 aromatic rings. The Morgan fingerprint density at radius 1 is 1.11 bits per heavy atom. The monoisotopic (exact) mass is 248 g/mol. The highest BCUT2D eigenvalue weighted by Crippen LogP contribution is 2.19. The highest BCUT2D eigenvalue weighted by Gasteiger charge is 2.09. The Morgan fingerprint density at radius 2 is 1.83 bits per heavy atom. The zero-order chi connectivity index (χ0) is 13.2. The van der Waals surface area contributed by atoms with E-state index in [1.165, 1.54) is 31.2 Å². The first kappa shape index (κ1) is 15.2. The third-order valence-electron chi connectivity index (χ3n) is 3.25. The number of hydrogen-bond donors (Lipinski definition) is 1. The SMILES string of the molecule is CCCCCC(NCCN(C)C)c1ccccc1. The molecular weight excluding hydrogens is 220 g/mol. The van der Waals surface area contributed by atoms with Gasteiger partial charge in [-0.2, -0.15) is 0 Å². The first-order valence-electron chi connectivity index (χ1n) is 7.17. The lowest BCUT2D eigenvalue weighted by Gasteiger charge is -2.20. The fourth-order valence-corrected chi connectivity index (χ4v) is 2.13. The molecule has 1 unspecified atom stereocenters. The minimum absolute atomic E-state index is 0.512. The smallest absolute Gasteiger partial charge is 0.0320 e. The molecule has 0 aliphatic carbocycles. The summed E-state index contributed by atoms with van der Waals surface area (Å²) >= 11 is 0. The van der Waals surface area contributed by atoms with Gasteiger partial charge in [-0.05, 0) is 26.1 Å². The largest absolute Gasteiger partial charge is 0.309 e. The normalized spacial score (nSPS) is 12.9. The minimum Gasteiger partial charge on any atom is -0.309 e. The summed E-state index contributed by atoms with van der Waals surface area (Å²) in [6.07, 6.45) is 5.17. The number of rotatable bonds is 9. The first-order chi connectivity index (χ1) is 8.74. The van der Waals surface area contributed by atoms with E-state index < -0.39 is 0 Å². The quantitative estimate of drug-likeness (QED) is 0.673. The molecular formula is C16H28N2. The fourth-order valence-electron chi connectivity index (χ4n) is 2.13. The van der Waals surface area contributed by atoms with E-state index in [4.69, 9.17) is 0 Å². The van der Waals surface area contributed by atoms with Gasteiger partial charge in [-0.25, -0.2) is 0 Å². The topological polar surface area (TPSA) is 15.3 Å². The Morgan fingerprint density at radius 3 is 2.44 bits per heavy atom. The average molecular weight is 248 g/mol. The van der Waals surface area contributed by atoms with Gasteiger partial charge < -0.3 is 10.2 Å². The summed E-state index contributed by atoms with van der Waals surface area (Å²) in [6.45, 7) is 4.41. The average Bonchev–Trinajstić information content (AvgIpc) is 2.38. The van der Waals surface area contributed by atoms with Crippen molar-refractivity contribution < 1.29 is 0 Å². The van der Waals surface area contributed by atoms with Crippen molar-refractivity contribution in [2.45, 2.75) is 38.6 Å². The van der Waals surface area contributed by atoms with Gasteiger partial charge in [0.15, 0.2) is 0 Å². The lowest BCUT2D eigenvalue weighted by Crippen LogP contribution is -2.29. The summed E-state index contributed by atoms with van der Waals surface area (Å²) in [5.74, 6) is 0. The Bertz CT molecular complexity index is 295. The third kappa shape index (κ3) is 6.18. The van der Waals surface area contributed by atoms with E-state index in [0.29, 0.717) is 6.04 Å². The van der Waals surface area contributed by atoms with E-state index >= 15 is 0 Å². The molecule has 1 rings (SSSR count). The predicted octanol–water partition coefficient (Wildman–Crippen LogP) is 3.46.